The first-order valence-corrected chi connectivity index (χ1v) is 8.19. The first-order valence-electron chi connectivity index (χ1n) is 8.19. The zero-order valence-electron chi connectivity index (χ0n) is 13.8. The van der Waals surface area contributed by atoms with Crippen molar-refractivity contribution in [1.29, 1.82) is 0 Å². The Bertz CT molecular complexity index is 677. The molecule has 0 spiro atoms. The molecule has 1 saturated heterocycles. The third-order valence-corrected chi connectivity index (χ3v) is 4.28. The number of carbonyl (C=O) groups excluding carboxylic acids is 1. The topological polar surface area (TPSA) is 35.6 Å². The minimum absolute atomic E-state index is 0.0553. The lowest BCUT2D eigenvalue weighted by Gasteiger charge is -2.34. The monoisotopic (exact) mass is 327 g/mol. The van der Waals surface area contributed by atoms with Crippen molar-refractivity contribution in [2.24, 2.45) is 0 Å². The van der Waals surface area contributed by atoms with E-state index >= 15 is 0 Å². The van der Waals surface area contributed by atoms with Gasteiger partial charge in [0.05, 0.1) is 0 Å². The molecular weight excluding hydrogens is 305 g/mol. The third kappa shape index (κ3) is 4.32. The number of benzene rings is 2. The van der Waals surface area contributed by atoms with Crippen LogP contribution in [0.2, 0.25) is 0 Å². The normalized spacial score (nSPS) is 15.3. The lowest BCUT2D eigenvalue weighted by molar-refractivity contribution is 0.143. The SMILES string of the molecule is Cc1ccc(NC(=O)N2CCN(Cc3ccc(F)cc3)CC2)cc1. The number of halogens is 1. The minimum atomic E-state index is -0.212. The third-order valence-electron chi connectivity index (χ3n) is 4.28. The summed E-state index contributed by atoms with van der Waals surface area (Å²) in [6.07, 6.45) is 0. The molecule has 24 heavy (non-hydrogen) atoms. The van der Waals surface area contributed by atoms with Gasteiger partial charge in [-0.2, -0.15) is 0 Å². The van der Waals surface area contributed by atoms with Gasteiger partial charge in [0.25, 0.3) is 0 Å². The zero-order valence-corrected chi connectivity index (χ0v) is 13.8. The number of anilines is 1. The summed E-state index contributed by atoms with van der Waals surface area (Å²) in [5, 5.41) is 2.94. The maximum absolute atomic E-state index is 12.9. The van der Waals surface area contributed by atoms with E-state index in [2.05, 4.69) is 10.2 Å². The fourth-order valence-electron chi connectivity index (χ4n) is 2.80. The van der Waals surface area contributed by atoms with Crippen molar-refractivity contribution in [2.75, 3.05) is 31.5 Å². The van der Waals surface area contributed by atoms with Crippen molar-refractivity contribution >= 4 is 11.7 Å². The van der Waals surface area contributed by atoms with Gasteiger partial charge in [0, 0.05) is 38.4 Å². The van der Waals surface area contributed by atoms with Gasteiger partial charge < -0.3 is 10.2 Å². The van der Waals surface area contributed by atoms with Crippen molar-refractivity contribution in [3.63, 3.8) is 0 Å². The molecule has 2 aromatic carbocycles. The number of aryl methyl sites for hydroxylation is 1. The van der Waals surface area contributed by atoms with E-state index in [0.29, 0.717) is 13.1 Å². The molecule has 0 bridgehead atoms. The van der Waals surface area contributed by atoms with Crippen LogP contribution in [0.25, 0.3) is 0 Å². The summed E-state index contributed by atoms with van der Waals surface area (Å²) < 4.78 is 12.9. The highest BCUT2D eigenvalue weighted by Gasteiger charge is 2.21. The summed E-state index contributed by atoms with van der Waals surface area (Å²) in [6.45, 7) is 5.83. The number of nitrogens with zero attached hydrogens (tertiary/aromatic N) is 2. The summed E-state index contributed by atoms with van der Waals surface area (Å²) in [5.41, 5.74) is 3.08. The van der Waals surface area contributed by atoms with E-state index in [4.69, 9.17) is 0 Å². The smallest absolute Gasteiger partial charge is 0.321 e. The first kappa shape index (κ1) is 16.5. The van der Waals surface area contributed by atoms with E-state index in [-0.39, 0.29) is 11.8 Å². The van der Waals surface area contributed by atoms with Gasteiger partial charge >= 0.3 is 6.03 Å². The average Bonchev–Trinajstić information content (AvgIpc) is 2.59. The summed E-state index contributed by atoms with van der Waals surface area (Å²) in [7, 11) is 0. The Kier molecular flexibility index (Phi) is 5.11. The standard InChI is InChI=1S/C19H22FN3O/c1-15-2-8-18(9-3-15)21-19(24)23-12-10-22(11-13-23)14-16-4-6-17(20)7-5-16/h2-9H,10-14H2,1H3,(H,21,24). The molecule has 126 valence electrons. The van der Waals surface area contributed by atoms with Gasteiger partial charge in [-0.1, -0.05) is 29.8 Å². The summed E-state index contributed by atoms with van der Waals surface area (Å²) in [6, 6.07) is 14.3. The number of carbonyl (C=O) groups is 1. The molecule has 0 radical (unpaired) electrons. The fraction of sp³-hybridized carbons (Fsp3) is 0.316. The molecule has 2 amide bonds. The van der Waals surface area contributed by atoms with Gasteiger partial charge in [0.2, 0.25) is 0 Å². The zero-order chi connectivity index (χ0) is 16.9. The Labute approximate surface area is 141 Å². The van der Waals surface area contributed by atoms with Crippen LogP contribution in [0.15, 0.2) is 48.5 Å². The number of rotatable bonds is 3. The van der Waals surface area contributed by atoms with E-state index in [0.717, 1.165) is 30.9 Å². The van der Waals surface area contributed by atoms with Crippen molar-refractivity contribution < 1.29 is 9.18 Å². The second-order valence-electron chi connectivity index (χ2n) is 6.19. The highest BCUT2D eigenvalue weighted by atomic mass is 19.1. The summed E-state index contributed by atoms with van der Waals surface area (Å²) >= 11 is 0. The number of hydrogen-bond donors (Lipinski definition) is 1. The molecule has 3 rings (SSSR count). The largest absolute Gasteiger partial charge is 0.322 e. The molecule has 1 fully saturated rings. The molecule has 1 heterocycles. The van der Waals surface area contributed by atoms with E-state index < -0.39 is 0 Å². The Balaban J connectivity index is 1.48. The van der Waals surface area contributed by atoms with Crippen LogP contribution in [0.5, 0.6) is 0 Å². The van der Waals surface area contributed by atoms with Crippen molar-refractivity contribution in [2.45, 2.75) is 13.5 Å². The second-order valence-corrected chi connectivity index (χ2v) is 6.19. The lowest BCUT2D eigenvalue weighted by atomic mass is 10.2. The quantitative estimate of drug-likeness (QED) is 0.937. The van der Waals surface area contributed by atoms with Crippen LogP contribution in [-0.4, -0.2) is 42.0 Å². The van der Waals surface area contributed by atoms with Gasteiger partial charge in [0.1, 0.15) is 5.82 Å². The van der Waals surface area contributed by atoms with Crippen LogP contribution in [0.1, 0.15) is 11.1 Å². The van der Waals surface area contributed by atoms with Crippen LogP contribution in [-0.2, 0) is 6.54 Å². The second kappa shape index (κ2) is 7.45. The van der Waals surface area contributed by atoms with Crippen LogP contribution in [0, 0.1) is 12.7 Å². The Morgan fingerprint density at radius 1 is 1.00 bits per heavy atom. The van der Waals surface area contributed by atoms with Crippen molar-refractivity contribution in [3.8, 4) is 0 Å². The predicted octanol–water partition coefficient (Wildman–Crippen LogP) is 3.48. The summed E-state index contributed by atoms with van der Waals surface area (Å²) in [4.78, 5) is 16.4. The minimum Gasteiger partial charge on any atom is -0.322 e. The number of amides is 2. The Morgan fingerprint density at radius 2 is 1.62 bits per heavy atom. The molecule has 1 aliphatic heterocycles. The van der Waals surface area contributed by atoms with Gasteiger partial charge in [-0.25, -0.2) is 9.18 Å². The molecular formula is C19H22FN3O. The number of nitrogens with one attached hydrogen (secondary N) is 1. The molecule has 0 saturated carbocycles. The molecule has 0 unspecified atom stereocenters. The van der Waals surface area contributed by atoms with Gasteiger partial charge in [0.15, 0.2) is 0 Å². The van der Waals surface area contributed by atoms with Crippen LogP contribution >= 0.6 is 0 Å². The lowest BCUT2D eigenvalue weighted by Crippen LogP contribution is -2.49. The Hall–Kier alpha value is -2.40. The molecule has 1 N–H and O–H groups in total. The molecule has 0 aromatic heterocycles. The first-order chi connectivity index (χ1) is 11.6. The predicted molar refractivity (Wildman–Crippen MR) is 93.4 cm³/mol. The van der Waals surface area contributed by atoms with E-state index in [1.807, 2.05) is 48.2 Å². The Morgan fingerprint density at radius 3 is 2.25 bits per heavy atom. The molecule has 0 atom stereocenters. The highest BCUT2D eigenvalue weighted by molar-refractivity contribution is 5.89. The number of piperazine rings is 1. The average molecular weight is 327 g/mol. The highest BCUT2D eigenvalue weighted by Crippen LogP contribution is 2.12. The molecule has 2 aromatic rings. The maximum atomic E-state index is 12.9. The van der Waals surface area contributed by atoms with E-state index in [1.54, 1.807) is 0 Å². The molecule has 5 heteroatoms. The molecule has 1 aliphatic rings. The van der Waals surface area contributed by atoms with Crippen LogP contribution in [0.4, 0.5) is 14.9 Å². The molecule has 0 aliphatic carbocycles. The van der Waals surface area contributed by atoms with Crippen molar-refractivity contribution in [1.82, 2.24) is 9.80 Å². The van der Waals surface area contributed by atoms with Gasteiger partial charge in [-0.3, -0.25) is 4.90 Å². The number of hydrogen-bond acceptors (Lipinski definition) is 2. The molecule has 4 nitrogen and oxygen atoms in total. The van der Waals surface area contributed by atoms with Gasteiger partial charge in [-0.15, -0.1) is 0 Å². The summed E-state index contributed by atoms with van der Waals surface area (Å²) in [5.74, 6) is -0.212. The van der Waals surface area contributed by atoms with Crippen LogP contribution < -0.4 is 5.32 Å². The number of urea groups is 1. The van der Waals surface area contributed by atoms with E-state index in [9.17, 15) is 9.18 Å². The van der Waals surface area contributed by atoms with Gasteiger partial charge in [-0.05, 0) is 36.8 Å². The van der Waals surface area contributed by atoms with E-state index in [1.165, 1.54) is 17.7 Å². The fourth-order valence-corrected chi connectivity index (χ4v) is 2.80. The van der Waals surface area contributed by atoms with Crippen molar-refractivity contribution in [3.05, 3.63) is 65.5 Å². The maximum Gasteiger partial charge on any atom is 0.321 e. The van der Waals surface area contributed by atoms with Crippen LogP contribution in [0.3, 0.4) is 0 Å².